The van der Waals surface area contributed by atoms with Gasteiger partial charge in [-0.2, -0.15) is 0 Å². The molecule has 1 spiro atoms. The lowest BCUT2D eigenvalue weighted by molar-refractivity contribution is -0.130. The zero-order chi connectivity index (χ0) is 19.0. The van der Waals surface area contributed by atoms with Crippen LogP contribution in [0.15, 0.2) is 42.5 Å². The van der Waals surface area contributed by atoms with Gasteiger partial charge in [0.25, 0.3) is 0 Å². The van der Waals surface area contributed by atoms with Gasteiger partial charge in [0.05, 0.1) is 18.5 Å². The first kappa shape index (κ1) is 18.3. The smallest absolute Gasteiger partial charge is 0.223 e. The fraction of sp³-hybridized carbons (Fsp3) is 0.333. The van der Waals surface area contributed by atoms with Crippen LogP contribution in [0.1, 0.15) is 35.2 Å². The van der Waals surface area contributed by atoms with Crippen molar-refractivity contribution in [2.75, 3.05) is 13.1 Å². The molecule has 140 valence electrons. The first-order valence-electron chi connectivity index (χ1n) is 8.99. The first-order chi connectivity index (χ1) is 13.0. The number of ketones is 1. The van der Waals surface area contributed by atoms with Crippen LogP contribution < -0.4 is 4.74 Å². The molecule has 0 aromatic heterocycles. The molecule has 0 saturated carbocycles. The number of carbonyl (C=O) groups is 2. The average Bonchev–Trinajstić information content (AvgIpc) is 3.04. The summed E-state index contributed by atoms with van der Waals surface area (Å²) in [5.74, 6) is 0.720. The van der Waals surface area contributed by atoms with Crippen LogP contribution in [0.4, 0.5) is 0 Å². The number of ether oxygens (including phenoxy) is 1. The Hall–Kier alpha value is -2.04. The van der Waals surface area contributed by atoms with Crippen LogP contribution in [-0.4, -0.2) is 35.3 Å². The van der Waals surface area contributed by atoms with Crippen molar-refractivity contribution < 1.29 is 14.3 Å². The Labute approximate surface area is 168 Å². The molecule has 4 nitrogen and oxygen atoms in total. The van der Waals surface area contributed by atoms with Gasteiger partial charge in [0.1, 0.15) is 11.4 Å². The van der Waals surface area contributed by atoms with Crippen molar-refractivity contribution in [3.05, 3.63) is 63.6 Å². The van der Waals surface area contributed by atoms with Crippen molar-refractivity contribution in [1.82, 2.24) is 4.90 Å². The van der Waals surface area contributed by atoms with Crippen molar-refractivity contribution >= 4 is 34.9 Å². The number of amides is 1. The van der Waals surface area contributed by atoms with Gasteiger partial charge in [-0.15, -0.1) is 0 Å². The summed E-state index contributed by atoms with van der Waals surface area (Å²) in [6, 6.07) is 12.6. The number of nitrogens with zero attached hydrogens (tertiary/aromatic N) is 1. The molecule has 1 amide bonds. The summed E-state index contributed by atoms with van der Waals surface area (Å²) in [4.78, 5) is 27.0. The zero-order valence-electron chi connectivity index (χ0n) is 14.7. The lowest BCUT2D eigenvalue weighted by Crippen LogP contribution is -2.45. The number of para-hydroxylation sites is 1. The Balaban J connectivity index is 1.42. The lowest BCUT2D eigenvalue weighted by Gasteiger charge is -2.34. The van der Waals surface area contributed by atoms with E-state index in [1.807, 2.05) is 18.2 Å². The van der Waals surface area contributed by atoms with Crippen molar-refractivity contribution in [3.63, 3.8) is 0 Å². The lowest BCUT2D eigenvalue weighted by atomic mass is 9.89. The van der Waals surface area contributed by atoms with Gasteiger partial charge < -0.3 is 9.64 Å². The molecular formula is C21H19Cl2NO3. The van der Waals surface area contributed by atoms with Crippen LogP contribution in [0, 0.1) is 0 Å². The number of hydrogen-bond acceptors (Lipinski definition) is 3. The van der Waals surface area contributed by atoms with E-state index in [2.05, 4.69) is 0 Å². The maximum absolute atomic E-state index is 12.7. The quantitative estimate of drug-likeness (QED) is 0.754. The number of halogens is 2. The van der Waals surface area contributed by atoms with Crippen molar-refractivity contribution in [3.8, 4) is 5.75 Å². The summed E-state index contributed by atoms with van der Waals surface area (Å²) < 4.78 is 6.18. The van der Waals surface area contributed by atoms with E-state index in [1.54, 1.807) is 29.2 Å². The number of Topliss-reactive ketones (excluding diaryl/α,β-unsaturated/α-hetero) is 1. The van der Waals surface area contributed by atoms with Crippen molar-refractivity contribution in [1.29, 1.82) is 0 Å². The second-order valence-corrected chi connectivity index (χ2v) is 7.96. The largest absolute Gasteiger partial charge is 0.484 e. The van der Waals surface area contributed by atoms with E-state index in [1.165, 1.54) is 0 Å². The standard InChI is InChI=1S/C21H19Cl2NO3/c22-16-5-3-6-17(23)14(16)8-9-20(26)24-11-10-21(13-24)12-18(25)15-4-1-2-7-19(15)27-21/h1-7H,8-13H2. The van der Waals surface area contributed by atoms with Gasteiger partial charge >= 0.3 is 0 Å². The molecule has 1 saturated heterocycles. The molecule has 1 fully saturated rings. The summed E-state index contributed by atoms with van der Waals surface area (Å²) in [6.07, 6.45) is 1.78. The van der Waals surface area contributed by atoms with Crippen LogP contribution in [0.25, 0.3) is 0 Å². The molecule has 2 aromatic carbocycles. The highest BCUT2D eigenvalue weighted by molar-refractivity contribution is 6.36. The van der Waals surface area contributed by atoms with E-state index in [0.717, 1.165) is 5.56 Å². The summed E-state index contributed by atoms with van der Waals surface area (Å²) >= 11 is 12.4. The minimum absolute atomic E-state index is 0.0257. The van der Waals surface area contributed by atoms with Gasteiger partial charge in [0, 0.05) is 29.4 Å². The number of benzene rings is 2. The monoisotopic (exact) mass is 403 g/mol. The Bertz CT molecular complexity index is 894. The van der Waals surface area contributed by atoms with Gasteiger partial charge in [0.15, 0.2) is 5.78 Å². The Kier molecular flexibility index (Phi) is 4.87. The first-order valence-corrected chi connectivity index (χ1v) is 9.75. The SMILES string of the molecule is O=C1CC2(CCN(C(=O)CCc3c(Cl)cccc3Cl)C2)Oc2ccccc21. The van der Waals surface area contributed by atoms with Crippen molar-refractivity contribution in [2.45, 2.75) is 31.3 Å². The maximum atomic E-state index is 12.7. The molecule has 0 aliphatic carbocycles. The second kappa shape index (κ2) is 7.17. The van der Waals surface area contributed by atoms with Gasteiger partial charge in [-0.25, -0.2) is 0 Å². The second-order valence-electron chi connectivity index (χ2n) is 7.15. The molecule has 0 bridgehead atoms. The fourth-order valence-corrected chi connectivity index (χ4v) is 4.48. The number of fused-ring (bicyclic) bond motifs is 1. The number of rotatable bonds is 3. The molecule has 6 heteroatoms. The normalized spacial score (nSPS) is 21.3. The average molecular weight is 404 g/mol. The maximum Gasteiger partial charge on any atom is 0.223 e. The van der Waals surface area contributed by atoms with Crippen LogP contribution in [-0.2, 0) is 11.2 Å². The van der Waals surface area contributed by atoms with Gasteiger partial charge in [-0.1, -0.05) is 41.4 Å². The summed E-state index contributed by atoms with van der Waals surface area (Å²) in [5, 5.41) is 1.15. The minimum Gasteiger partial charge on any atom is -0.484 e. The van der Waals surface area contributed by atoms with E-state index in [0.29, 0.717) is 60.1 Å². The van der Waals surface area contributed by atoms with Gasteiger partial charge in [-0.05, 0) is 36.2 Å². The molecule has 27 heavy (non-hydrogen) atoms. The molecule has 1 atom stereocenters. The third-order valence-corrected chi connectivity index (χ3v) is 6.02. The van der Waals surface area contributed by atoms with E-state index in [4.69, 9.17) is 27.9 Å². The minimum atomic E-state index is -0.608. The van der Waals surface area contributed by atoms with Crippen LogP contribution in [0.2, 0.25) is 10.0 Å². The molecule has 2 aliphatic rings. The van der Waals surface area contributed by atoms with Gasteiger partial charge in [0.2, 0.25) is 5.91 Å². The Morgan fingerprint density at radius 1 is 1.11 bits per heavy atom. The highest BCUT2D eigenvalue weighted by atomic mass is 35.5. The number of hydrogen-bond donors (Lipinski definition) is 0. The number of carbonyl (C=O) groups excluding carboxylic acids is 2. The third kappa shape index (κ3) is 3.56. The summed E-state index contributed by atoms with van der Waals surface area (Å²) in [5.41, 5.74) is 0.811. The fourth-order valence-electron chi connectivity index (χ4n) is 3.89. The molecule has 2 aromatic rings. The van der Waals surface area contributed by atoms with Crippen LogP contribution in [0.5, 0.6) is 5.75 Å². The molecular weight excluding hydrogens is 385 g/mol. The molecule has 1 unspecified atom stereocenters. The molecule has 0 radical (unpaired) electrons. The molecule has 2 aliphatic heterocycles. The highest BCUT2D eigenvalue weighted by Gasteiger charge is 2.46. The van der Waals surface area contributed by atoms with Crippen molar-refractivity contribution in [2.24, 2.45) is 0 Å². The summed E-state index contributed by atoms with van der Waals surface area (Å²) in [6.45, 7) is 1.02. The van der Waals surface area contributed by atoms with Gasteiger partial charge in [-0.3, -0.25) is 9.59 Å². The molecule has 2 heterocycles. The topological polar surface area (TPSA) is 46.6 Å². The zero-order valence-corrected chi connectivity index (χ0v) is 16.2. The predicted octanol–water partition coefficient (Wildman–Crippen LogP) is 4.56. The van der Waals surface area contributed by atoms with E-state index < -0.39 is 5.60 Å². The summed E-state index contributed by atoms with van der Waals surface area (Å²) in [7, 11) is 0. The number of likely N-dealkylation sites (tertiary alicyclic amines) is 1. The predicted molar refractivity (Wildman–Crippen MR) is 105 cm³/mol. The third-order valence-electron chi connectivity index (χ3n) is 5.32. The Morgan fingerprint density at radius 3 is 2.63 bits per heavy atom. The van der Waals surface area contributed by atoms with E-state index >= 15 is 0 Å². The van der Waals surface area contributed by atoms with E-state index in [-0.39, 0.29) is 11.7 Å². The molecule has 0 N–H and O–H groups in total. The highest BCUT2D eigenvalue weighted by Crippen LogP contribution is 2.38. The Morgan fingerprint density at radius 2 is 1.85 bits per heavy atom. The molecule has 4 rings (SSSR count). The van der Waals surface area contributed by atoms with Crippen LogP contribution >= 0.6 is 23.2 Å². The van der Waals surface area contributed by atoms with Crippen LogP contribution in [0.3, 0.4) is 0 Å². The van der Waals surface area contributed by atoms with E-state index in [9.17, 15) is 9.59 Å².